The molecule has 0 saturated carbocycles. The molecule has 2 fully saturated rings. The quantitative estimate of drug-likeness (QED) is 0.105. The molecule has 1 aromatic carbocycles. The van der Waals surface area contributed by atoms with Gasteiger partial charge in [0, 0.05) is 25.3 Å². The molecule has 7 amide bonds. The number of hydrogen-bond donors (Lipinski definition) is 2. The molecule has 2 atom stereocenters. The molecule has 18 heteroatoms. The second-order valence-electron chi connectivity index (χ2n) is 8.83. The molecule has 0 spiro atoms. The number of imide groups is 1. The minimum absolute atomic E-state index is 0. The predicted octanol–water partition coefficient (Wildman–Crippen LogP) is -4.67. The van der Waals surface area contributed by atoms with Crippen LogP contribution in [0.3, 0.4) is 0 Å². The smallest absolute Gasteiger partial charge is 0.731 e. The number of para-hydroxylation sites is 1. The average Bonchev–Trinajstić information content (AvgIpc) is 2.92. The van der Waals surface area contributed by atoms with Crippen LogP contribution >= 0.6 is 11.8 Å². The second-order valence-corrected chi connectivity index (χ2v) is 11.1. The number of carbonyl (C=O) groups excluding carboxylic acids is 6. The zero-order valence-corrected chi connectivity index (χ0v) is 26.4. The number of piperazine rings is 1. The van der Waals surface area contributed by atoms with Gasteiger partial charge < -0.3 is 25.0 Å². The Labute approximate surface area is 263 Å². The molecule has 0 aromatic heterocycles. The van der Waals surface area contributed by atoms with Crippen LogP contribution in [0.2, 0.25) is 0 Å². The Kier molecular flexibility index (Phi) is 12.6. The van der Waals surface area contributed by atoms with Crippen LogP contribution in [0, 0.1) is 0 Å². The van der Waals surface area contributed by atoms with Gasteiger partial charge in [-0.25, -0.2) is 17.5 Å². The Morgan fingerprint density at radius 2 is 1.78 bits per heavy atom. The van der Waals surface area contributed by atoms with Gasteiger partial charge in [0.25, 0.3) is 5.91 Å². The number of urea groups is 1. The van der Waals surface area contributed by atoms with E-state index in [0.717, 1.165) is 9.80 Å². The number of nitrogens with one attached hydrogen (secondary N) is 2. The third kappa shape index (κ3) is 8.42. The fourth-order valence-electron chi connectivity index (χ4n) is 4.07. The number of amides is 7. The number of carbonyl (C=O) groups is 6. The molecule has 0 aliphatic carbocycles. The number of nitrogens with zero attached hydrogens (tertiary/aromatic N) is 4. The van der Waals surface area contributed by atoms with Crippen LogP contribution in [0.1, 0.15) is 13.3 Å². The van der Waals surface area contributed by atoms with E-state index in [1.807, 2.05) is 0 Å². The summed E-state index contributed by atoms with van der Waals surface area (Å²) in [4.78, 5) is 79.3. The predicted molar refractivity (Wildman–Crippen MR) is 141 cm³/mol. The first-order valence-corrected chi connectivity index (χ1v) is 15.0. The van der Waals surface area contributed by atoms with Gasteiger partial charge in [-0.3, -0.25) is 28.9 Å². The Hall–Kier alpha value is -2.70. The van der Waals surface area contributed by atoms with Gasteiger partial charge in [-0.05, 0) is 37.5 Å². The summed E-state index contributed by atoms with van der Waals surface area (Å²) in [6, 6.07) is 4.65. The Morgan fingerprint density at radius 1 is 1.12 bits per heavy atom. The number of likely N-dealkylation sites (N-methyl/N-ethyl adjacent to an activating group) is 1. The van der Waals surface area contributed by atoms with Crippen molar-refractivity contribution in [3.05, 3.63) is 30.3 Å². The molecule has 15 nitrogen and oxygen atoms in total. The van der Waals surface area contributed by atoms with Crippen molar-refractivity contribution in [2.45, 2.75) is 25.4 Å². The van der Waals surface area contributed by atoms with E-state index in [1.54, 1.807) is 43.5 Å². The first-order valence-electron chi connectivity index (χ1n) is 12.2. The summed E-state index contributed by atoms with van der Waals surface area (Å²) in [7, 11) is -4.99. The Bertz CT molecular complexity index is 1280. The van der Waals surface area contributed by atoms with E-state index in [0.29, 0.717) is 12.3 Å². The topological polar surface area (TPSA) is 197 Å². The van der Waals surface area contributed by atoms with Crippen molar-refractivity contribution in [3.63, 3.8) is 0 Å². The molecule has 2 aliphatic heterocycles. The third-order valence-electron chi connectivity index (χ3n) is 6.28. The van der Waals surface area contributed by atoms with Gasteiger partial charge in [-0.1, -0.05) is 18.2 Å². The molecule has 0 radical (unpaired) electrons. The van der Waals surface area contributed by atoms with Crippen molar-refractivity contribution in [3.8, 4) is 0 Å². The summed E-state index contributed by atoms with van der Waals surface area (Å²) in [5, 5.41) is 4.82. The van der Waals surface area contributed by atoms with Gasteiger partial charge in [0.15, 0.2) is 10.3 Å². The van der Waals surface area contributed by atoms with Crippen molar-refractivity contribution >= 4 is 63.3 Å². The normalized spacial score (nSPS) is 17.8. The Balaban J connectivity index is 0.00000588. The van der Waals surface area contributed by atoms with Crippen LogP contribution in [0.15, 0.2) is 30.3 Å². The van der Waals surface area contributed by atoms with E-state index in [9.17, 15) is 41.7 Å². The molecule has 218 valence electrons. The maximum absolute atomic E-state index is 13.7. The number of anilines is 1. The fraction of sp³-hybridized carbons (Fsp3) is 0.478. The number of rotatable bonds is 11. The van der Waals surface area contributed by atoms with Gasteiger partial charge in [0.05, 0.1) is 6.54 Å². The second kappa shape index (κ2) is 15.0. The molecule has 3 rings (SSSR count). The summed E-state index contributed by atoms with van der Waals surface area (Å²) < 4.78 is 33.2. The summed E-state index contributed by atoms with van der Waals surface area (Å²) >= 11 is 1.40. The molecule has 2 aliphatic rings. The summed E-state index contributed by atoms with van der Waals surface area (Å²) in [6.07, 6.45) is 1.92. The van der Waals surface area contributed by atoms with Gasteiger partial charge in [0.1, 0.15) is 18.6 Å². The van der Waals surface area contributed by atoms with E-state index in [4.69, 9.17) is 0 Å². The molecule has 1 aromatic rings. The van der Waals surface area contributed by atoms with Crippen molar-refractivity contribution in [2.75, 3.05) is 49.6 Å². The van der Waals surface area contributed by atoms with E-state index in [-0.39, 0.29) is 59.1 Å². The zero-order chi connectivity index (χ0) is 29.6. The van der Waals surface area contributed by atoms with Crippen LogP contribution in [0.5, 0.6) is 0 Å². The number of β-lactam (4-membered cyclic amide) rings is 1. The first-order chi connectivity index (χ1) is 18.9. The molecular weight excluding hydrogens is 591 g/mol. The van der Waals surface area contributed by atoms with Crippen LogP contribution in [-0.2, 0) is 34.3 Å². The Morgan fingerprint density at radius 3 is 2.34 bits per heavy atom. The van der Waals surface area contributed by atoms with Gasteiger partial charge in [-0.15, -0.1) is 0 Å². The maximum Gasteiger partial charge on any atom is 1.00 e. The summed E-state index contributed by atoms with van der Waals surface area (Å²) in [5.41, 5.74) is 0.289. The molecule has 41 heavy (non-hydrogen) atoms. The number of benzene rings is 1. The van der Waals surface area contributed by atoms with Crippen LogP contribution in [-0.4, -0.2) is 119 Å². The molecule has 2 saturated heterocycles. The number of thioether (sulfide) groups is 1. The van der Waals surface area contributed by atoms with Gasteiger partial charge in [0.2, 0.25) is 11.8 Å². The van der Waals surface area contributed by atoms with E-state index < -0.39 is 71.0 Å². The molecular formula is C23H29N6NaO9S2. The zero-order valence-electron chi connectivity index (χ0n) is 22.8. The minimum atomic E-state index is -4.99. The number of hydrogen-bond acceptors (Lipinski definition) is 10. The molecule has 0 bridgehead atoms. The standard InChI is InChI=1S/C23H30N6O9S2.Na/c1-3-26-10-11-27(22(34)21(26)33)23(35)25-16(9-12-39-2)19(31)28(15-7-5-4-6-8-15)14-18(30)24-17-13-29(20(17)32)40(36,37)38;/h4-8,16-17H,3,9-14H2,1-2H3,(H,24,30)(H,25,35)(H,36,37,38);/q;+1/p-1. The molecule has 2 N–H and O–H groups in total. The maximum atomic E-state index is 13.7. The summed E-state index contributed by atoms with van der Waals surface area (Å²) in [6.45, 7) is 0.980. The van der Waals surface area contributed by atoms with Crippen molar-refractivity contribution in [1.82, 2.24) is 24.7 Å². The monoisotopic (exact) mass is 620 g/mol. The molecule has 2 heterocycles. The molecule has 2 unspecified atom stereocenters. The van der Waals surface area contributed by atoms with E-state index >= 15 is 0 Å². The van der Waals surface area contributed by atoms with Gasteiger partial charge >= 0.3 is 47.4 Å². The van der Waals surface area contributed by atoms with Gasteiger partial charge in [-0.2, -0.15) is 11.8 Å². The SMILES string of the molecule is CCN1CCN(C(=O)NC(CCSC)C(=O)N(CC(=O)NC2CN(S(=O)(=O)[O-])C2=O)c2ccccc2)C(=O)C1=O.[Na+]. The van der Waals surface area contributed by atoms with Crippen LogP contribution < -0.4 is 45.1 Å². The van der Waals surface area contributed by atoms with E-state index in [1.165, 1.54) is 16.7 Å². The fourth-order valence-corrected chi connectivity index (χ4v) is 5.22. The van der Waals surface area contributed by atoms with Crippen molar-refractivity contribution in [1.29, 1.82) is 0 Å². The minimum Gasteiger partial charge on any atom is -0.731 e. The van der Waals surface area contributed by atoms with Crippen molar-refractivity contribution in [2.24, 2.45) is 0 Å². The van der Waals surface area contributed by atoms with Crippen LogP contribution in [0.4, 0.5) is 10.5 Å². The average molecular weight is 621 g/mol. The summed E-state index contributed by atoms with van der Waals surface area (Å²) in [5.74, 6) is -4.01. The van der Waals surface area contributed by atoms with Crippen LogP contribution in [0.25, 0.3) is 0 Å². The van der Waals surface area contributed by atoms with Crippen molar-refractivity contribution < 1.29 is 71.3 Å². The third-order valence-corrected chi connectivity index (χ3v) is 7.79. The van der Waals surface area contributed by atoms with E-state index in [2.05, 4.69) is 10.6 Å². The first kappa shape index (κ1) is 34.5. The largest absolute Gasteiger partial charge is 1.00 e.